The van der Waals surface area contributed by atoms with Crippen LogP contribution in [0.15, 0.2) is 48.8 Å². The molecule has 0 saturated carbocycles. The Balaban J connectivity index is 1.99. The van der Waals surface area contributed by atoms with Crippen LogP contribution in [0.2, 0.25) is 0 Å². The van der Waals surface area contributed by atoms with Gasteiger partial charge in [0.15, 0.2) is 0 Å². The Bertz CT molecular complexity index is 1030. The lowest BCUT2D eigenvalue weighted by Crippen LogP contribution is -2.15. The fourth-order valence-corrected chi connectivity index (χ4v) is 3.88. The molecule has 1 aromatic heterocycles. The summed E-state index contributed by atoms with van der Waals surface area (Å²) in [5.41, 5.74) is 14.4. The molecule has 0 aliphatic rings. The summed E-state index contributed by atoms with van der Waals surface area (Å²) in [6.45, 7) is 9.60. The van der Waals surface area contributed by atoms with Crippen LogP contribution in [0.25, 0.3) is 11.1 Å². The fourth-order valence-electron chi connectivity index (χ4n) is 3.88. The van der Waals surface area contributed by atoms with Gasteiger partial charge < -0.3 is 16.4 Å². The van der Waals surface area contributed by atoms with E-state index in [-0.39, 0.29) is 5.91 Å². The van der Waals surface area contributed by atoms with E-state index in [1.54, 1.807) is 6.20 Å². The smallest absolute Gasteiger partial charge is 0.255 e. The van der Waals surface area contributed by atoms with Crippen LogP contribution in [0.5, 0.6) is 0 Å². The summed E-state index contributed by atoms with van der Waals surface area (Å²) in [6, 6.07) is 12.3. The predicted molar refractivity (Wildman–Crippen MR) is 130 cm³/mol. The number of unbranched alkanes of at least 4 members (excludes halogenated alkanes) is 1. The van der Waals surface area contributed by atoms with Crippen molar-refractivity contribution >= 4 is 17.3 Å². The molecular formula is C26H32N4O. The van der Waals surface area contributed by atoms with Gasteiger partial charge in [-0.1, -0.05) is 46.5 Å². The fraction of sp³-hybridized carbons (Fsp3) is 0.308. The number of carbonyl (C=O) groups excluding carboxylic acids is 1. The molecule has 5 nitrogen and oxygen atoms in total. The molecular weight excluding hydrogens is 384 g/mol. The molecule has 162 valence electrons. The molecule has 1 heterocycles. The normalized spacial score (nSPS) is 10.7. The van der Waals surface area contributed by atoms with Crippen molar-refractivity contribution in [2.45, 2.75) is 40.5 Å². The number of nitrogens with zero attached hydrogens (tertiary/aromatic N) is 1. The average molecular weight is 417 g/mol. The molecule has 0 unspecified atom stereocenters. The Morgan fingerprint density at radius 3 is 2.10 bits per heavy atom. The second kappa shape index (κ2) is 10.2. The zero-order valence-corrected chi connectivity index (χ0v) is 18.9. The topological polar surface area (TPSA) is 80.0 Å². The Morgan fingerprint density at radius 1 is 0.871 bits per heavy atom. The third-order valence-corrected chi connectivity index (χ3v) is 5.14. The summed E-state index contributed by atoms with van der Waals surface area (Å²) < 4.78 is 0. The third kappa shape index (κ3) is 5.92. The van der Waals surface area contributed by atoms with Crippen molar-refractivity contribution in [3.05, 3.63) is 76.6 Å². The van der Waals surface area contributed by atoms with Crippen LogP contribution in [0.1, 0.15) is 45.5 Å². The van der Waals surface area contributed by atoms with Crippen LogP contribution in [-0.4, -0.2) is 24.0 Å². The zero-order chi connectivity index (χ0) is 22.4. The minimum absolute atomic E-state index is 0.142. The number of carbonyl (C=O) groups is 1. The Kier molecular flexibility index (Phi) is 7.42. The molecule has 4 N–H and O–H groups in total. The molecule has 0 fully saturated rings. The molecule has 0 spiro atoms. The lowest BCUT2D eigenvalue weighted by Gasteiger charge is -2.18. The molecule has 1 amide bonds. The van der Waals surface area contributed by atoms with Gasteiger partial charge in [0.2, 0.25) is 0 Å². The molecule has 0 aliphatic heterocycles. The van der Waals surface area contributed by atoms with Gasteiger partial charge >= 0.3 is 0 Å². The average Bonchev–Trinajstić information content (AvgIpc) is 2.70. The van der Waals surface area contributed by atoms with Gasteiger partial charge in [0.1, 0.15) is 0 Å². The number of nitrogens with two attached hydrogens (primary N) is 1. The van der Waals surface area contributed by atoms with E-state index in [1.807, 2.05) is 32.2 Å². The second-order valence-electron chi connectivity index (χ2n) is 8.24. The third-order valence-electron chi connectivity index (χ3n) is 5.14. The maximum absolute atomic E-state index is 13.0. The van der Waals surface area contributed by atoms with Crippen LogP contribution < -0.4 is 16.4 Å². The van der Waals surface area contributed by atoms with Gasteiger partial charge in [0.05, 0.1) is 17.6 Å². The second-order valence-corrected chi connectivity index (χ2v) is 8.24. The van der Waals surface area contributed by atoms with Crippen molar-refractivity contribution in [2.24, 2.45) is 5.73 Å². The molecule has 0 aliphatic carbocycles. The van der Waals surface area contributed by atoms with E-state index in [1.165, 1.54) is 11.1 Å². The highest BCUT2D eigenvalue weighted by Crippen LogP contribution is 2.34. The van der Waals surface area contributed by atoms with Crippen LogP contribution in [0.4, 0.5) is 11.4 Å². The highest BCUT2D eigenvalue weighted by Gasteiger charge is 2.15. The lowest BCUT2D eigenvalue weighted by molar-refractivity contribution is 0.102. The summed E-state index contributed by atoms with van der Waals surface area (Å²) in [6.07, 6.45) is 5.46. The summed E-state index contributed by atoms with van der Waals surface area (Å²) in [4.78, 5) is 17.5. The van der Waals surface area contributed by atoms with Crippen LogP contribution >= 0.6 is 0 Å². The molecule has 0 saturated heterocycles. The largest absolute Gasteiger partial charge is 0.383 e. The highest BCUT2D eigenvalue weighted by atomic mass is 16.1. The first-order valence-electron chi connectivity index (χ1n) is 10.8. The lowest BCUT2D eigenvalue weighted by atomic mass is 10.00. The number of aryl methyl sites for hydroxylation is 4. The van der Waals surface area contributed by atoms with Gasteiger partial charge in [-0.3, -0.25) is 9.78 Å². The number of hydrogen-bond acceptors (Lipinski definition) is 4. The minimum Gasteiger partial charge on any atom is -0.383 e. The predicted octanol–water partition coefficient (Wildman–Crippen LogP) is 5.39. The molecule has 3 aromatic rings. The number of hydrogen-bond donors (Lipinski definition) is 3. The number of aromatic nitrogens is 1. The standard InChI is InChI=1S/C26H32N4O/c1-17-9-18(2)12-21(11-17)23-15-28-16-24(25(23)29-8-6-5-7-27)30-26(31)22-13-19(3)10-20(4)14-22/h9-16H,5-8,27H2,1-4H3,(H,28,29)(H,30,31). The van der Waals surface area contributed by atoms with Crippen molar-refractivity contribution in [2.75, 3.05) is 23.7 Å². The molecule has 0 radical (unpaired) electrons. The summed E-state index contributed by atoms with van der Waals surface area (Å²) in [5, 5.41) is 6.60. The number of rotatable bonds is 8. The van der Waals surface area contributed by atoms with E-state index >= 15 is 0 Å². The molecule has 2 aromatic carbocycles. The number of nitrogens with one attached hydrogen (secondary N) is 2. The monoisotopic (exact) mass is 416 g/mol. The van der Waals surface area contributed by atoms with Gasteiger partial charge in [-0.2, -0.15) is 0 Å². The maximum Gasteiger partial charge on any atom is 0.255 e. The number of benzene rings is 2. The van der Waals surface area contributed by atoms with Crippen molar-refractivity contribution in [1.82, 2.24) is 4.98 Å². The molecule has 0 bridgehead atoms. The maximum atomic E-state index is 13.0. The Morgan fingerprint density at radius 2 is 1.48 bits per heavy atom. The van der Waals surface area contributed by atoms with E-state index in [4.69, 9.17) is 5.73 Å². The van der Waals surface area contributed by atoms with Gasteiger partial charge in [-0.05, 0) is 64.8 Å². The van der Waals surface area contributed by atoms with Gasteiger partial charge in [0.25, 0.3) is 5.91 Å². The number of anilines is 2. The number of pyridine rings is 1. The zero-order valence-electron chi connectivity index (χ0n) is 18.9. The Hall–Kier alpha value is -3.18. The Labute approximate surface area is 185 Å². The van der Waals surface area contributed by atoms with E-state index in [0.29, 0.717) is 17.8 Å². The van der Waals surface area contributed by atoms with Crippen LogP contribution in [-0.2, 0) is 0 Å². The van der Waals surface area contributed by atoms with Crippen molar-refractivity contribution in [3.8, 4) is 11.1 Å². The van der Waals surface area contributed by atoms with E-state index in [9.17, 15) is 4.79 Å². The quantitative estimate of drug-likeness (QED) is 0.430. The first-order valence-corrected chi connectivity index (χ1v) is 10.8. The van der Waals surface area contributed by atoms with Crippen LogP contribution in [0, 0.1) is 27.7 Å². The first kappa shape index (κ1) is 22.5. The van der Waals surface area contributed by atoms with Gasteiger partial charge in [-0.15, -0.1) is 0 Å². The highest BCUT2D eigenvalue weighted by molar-refractivity contribution is 6.07. The molecule has 5 heteroatoms. The summed E-state index contributed by atoms with van der Waals surface area (Å²) in [5.74, 6) is -0.142. The number of amides is 1. The van der Waals surface area contributed by atoms with Crippen molar-refractivity contribution < 1.29 is 4.79 Å². The first-order chi connectivity index (χ1) is 14.9. The van der Waals surface area contributed by atoms with Gasteiger partial charge in [-0.25, -0.2) is 0 Å². The van der Waals surface area contributed by atoms with Crippen molar-refractivity contribution in [3.63, 3.8) is 0 Å². The summed E-state index contributed by atoms with van der Waals surface area (Å²) >= 11 is 0. The van der Waals surface area contributed by atoms with Crippen LogP contribution in [0.3, 0.4) is 0 Å². The van der Waals surface area contributed by atoms with E-state index in [0.717, 1.165) is 47.3 Å². The minimum atomic E-state index is -0.142. The molecule has 31 heavy (non-hydrogen) atoms. The summed E-state index contributed by atoms with van der Waals surface area (Å²) in [7, 11) is 0. The van der Waals surface area contributed by atoms with Crippen molar-refractivity contribution in [1.29, 1.82) is 0 Å². The van der Waals surface area contributed by atoms with E-state index < -0.39 is 0 Å². The van der Waals surface area contributed by atoms with Gasteiger partial charge in [0, 0.05) is 23.9 Å². The van der Waals surface area contributed by atoms with E-state index in [2.05, 4.69) is 53.7 Å². The molecule has 3 rings (SSSR count). The SMILES string of the molecule is Cc1cc(C)cc(C(=O)Nc2cncc(-c3cc(C)cc(C)c3)c2NCCCCN)c1. The molecule has 0 atom stereocenters.